The largest absolute Gasteiger partial charge is 0.507 e. The molecule has 0 spiro atoms. The first-order valence-electron chi connectivity index (χ1n) is 15.0. The van der Waals surface area contributed by atoms with E-state index in [0.717, 1.165) is 17.0 Å². The molecule has 0 radical (unpaired) electrons. The molecule has 0 bridgehead atoms. The minimum absolute atomic E-state index is 0.0458. The van der Waals surface area contributed by atoms with E-state index in [1.165, 1.54) is 6.07 Å². The number of carbonyl (C=O) groups excluding carboxylic acids is 3. The van der Waals surface area contributed by atoms with Gasteiger partial charge in [0.15, 0.2) is 0 Å². The lowest BCUT2D eigenvalue weighted by Crippen LogP contribution is -2.25. The summed E-state index contributed by atoms with van der Waals surface area (Å²) in [7, 11) is 1.54. The summed E-state index contributed by atoms with van der Waals surface area (Å²) in [5, 5.41) is 33.0. The molecule has 3 aromatic rings. The van der Waals surface area contributed by atoms with Crippen molar-refractivity contribution in [2.24, 2.45) is 0 Å². The number of benzene rings is 2. The molecule has 4 rings (SSSR count). The van der Waals surface area contributed by atoms with Gasteiger partial charge in [0.05, 0.1) is 18.9 Å². The van der Waals surface area contributed by atoms with Crippen LogP contribution in [-0.4, -0.2) is 51.3 Å². The molecule has 2 heterocycles. The van der Waals surface area contributed by atoms with Crippen molar-refractivity contribution in [2.75, 3.05) is 7.11 Å². The number of nitrogens with zero attached hydrogens (tertiary/aromatic N) is 1. The molecule has 10 nitrogen and oxygen atoms in total. The molecular weight excluding hydrogens is 562 g/mol. The Morgan fingerprint density at radius 1 is 1.16 bits per heavy atom. The van der Waals surface area contributed by atoms with E-state index < -0.39 is 23.7 Å². The summed E-state index contributed by atoms with van der Waals surface area (Å²) in [6, 6.07) is 8.39. The van der Waals surface area contributed by atoms with Gasteiger partial charge in [-0.25, -0.2) is 4.79 Å². The number of phenolic OH excluding ortho intramolecular Hbond substituents is 2. The molecule has 1 aliphatic heterocycles. The lowest BCUT2D eigenvalue weighted by atomic mass is 9.84. The van der Waals surface area contributed by atoms with E-state index in [-0.39, 0.29) is 47.1 Å². The number of aromatic hydroxyl groups is 2. The Morgan fingerprint density at radius 3 is 2.57 bits per heavy atom. The van der Waals surface area contributed by atoms with Crippen LogP contribution in [-0.2, 0) is 20.9 Å². The number of nitrogens with one attached hydrogen (secondary N) is 2. The summed E-state index contributed by atoms with van der Waals surface area (Å²) in [6.07, 6.45) is 6.06. The third-order valence-electron chi connectivity index (χ3n) is 8.05. The summed E-state index contributed by atoms with van der Waals surface area (Å²) < 4.78 is 11.0. The molecule has 2 atom stereocenters. The topological polar surface area (TPSA) is 151 Å². The Labute approximate surface area is 257 Å². The molecule has 0 saturated carbocycles. The highest BCUT2D eigenvalue weighted by Gasteiger charge is 2.31. The fourth-order valence-electron chi connectivity index (χ4n) is 5.52. The van der Waals surface area contributed by atoms with E-state index in [9.17, 15) is 24.6 Å². The molecule has 4 N–H and O–H groups in total. The number of hydrogen-bond donors (Lipinski definition) is 4. The van der Waals surface area contributed by atoms with Crippen LogP contribution in [0.5, 0.6) is 17.2 Å². The predicted octanol–water partition coefficient (Wildman–Crippen LogP) is 5.77. The number of cyclic esters (lactones) is 1. The highest BCUT2D eigenvalue weighted by Crippen LogP contribution is 2.44. The van der Waals surface area contributed by atoms with Crippen molar-refractivity contribution in [2.45, 2.75) is 84.3 Å². The third-order valence-corrected chi connectivity index (χ3v) is 8.05. The molecule has 0 aliphatic carbocycles. The number of methoxy groups -OCH3 is 1. The van der Waals surface area contributed by atoms with Gasteiger partial charge in [0.1, 0.15) is 28.6 Å². The number of fused-ring (bicyclic) bond motifs is 1. The summed E-state index contributed by atoms with van der Waals surface area (Å²) >= 11 is 0. The zero-order valence-electron chi connectivity index (χ0n) is 25.7. The fourth-order valence-corrected chi connectivity index (χ4v) is 5.52. The minimum Gasteiger partial charge on any atom is -0.507 e. The number of amides is 1. The summed E-state index contributed by atoms with van der Waals surface area (Å²) in [5.41, 5.74) is 3.39. The van der Waals surface area contributed by atoms with Crippen LogP contribution in [0.4, 0.5) is 0 Å². The molecule has 0 saturated heterocycles. The molecule has 234 valence electrons. The second-order valence-corrected chi connectivity index (χ2v) is 11.3. The number of allylic oxidation sites excluding steroid dienone is 1. The van der Waals surface area contributed by atoms with Crippen molar-refractivity contribution in [3.63, 3.8) is 0 Å². The van der Waals surface area contributed by atoms with E-state index in [2.05, 4.69) is 15.5 Å². The van der Waals surface area contributed by atoms with Gasteiger partial charge in [-0.3, -0.25) is 14.7 Å². The van der Waals surface area contributed by atoms with E-state index >= 15 is 0 Å². The number of carbonyl (C=O) groups is 3. The number of esters is 1. The Hall–Kier alpha value is -4.60. The molecule has 10 heteroatoms. The van der Waals surface area contributed by atoms with Crippen LogP contribution in [0.25, 0.3) is 6.08 Å². The Kier molecular flexibility index (Phi) is 10.8. The van der Waals surface area contributed by atoms with Crippen LogP contribution in [0, 0.1) is 13.8 Å². The van der Waals surface area contributed by atoms with Crippen molar-refractivity contribution in [1.29, 1.82) is 0 Å². The number of ether oxygens (including phenoxy) is 2. The molecule has 0 fully saturated rings. The highest BCUT2D eigenvalue weighted by atomic mass is 16.5. The maximum Gasteiger partial charge on any atom is 0.342 e. The smallest absolute Gasteiger partial charge is 0.342 e. The Bertz CT molecular complexity index is 1510. The number of phenols is 2. The summed E-state index contributed by atoms with van der Waals surface area (Å²) in [4.78, 5) is 39.0. The maximum atomic E-state index is 13.5. The summed E-state index contributed by atoms with van der Waals surface area (Å²) in [6.45, 7) is 5.73. The van der Waals surface area contributed by atoms with Crippen molar-refractivity contribution >= 4 is 23.7 Å². The second kappa shape index (κ2) is 14.7. The highest BCUT2D eigenvalue weighted by molar-refractivity contribution is 5.98. The van der Waals surface area contributed by atoms with Gasteiger partial charge in [0, 0.05) is 48.5 Å². The molecule has 1 aromatic heterocycles. The van der Waals surface area contributed by atoms with Crippen molar-refractivity contribution in [3.05, 3.63) is 75.6 Å². The van der Waals surface area contributed by atoms with Gasteiger partial charge in [-0.1, -0.05) is 24.3 Å². The molecular formula is C34H41N3O7. The van der Waals surface area contributed by atoms with Crippen LogP contribution in [0.15, 0.2) is 36.4 Å². The number of aromatic nitrogens is 2. The van der Waals surface area contributed by atoms with Gasteiger partial charge in [-0.15, -0.1) is 0 Å². The first-order chi connectivity index (χ1) is 21.1. The molecule has 2 unspecified atom stereocenters. The van der Waals surface area contributed by atoms with Crippen molar-refractivity contribution < 1.29 is 34.1 Å². The molecule has 2 aromatic carbocycles. The first-order valence-corrected chi connectivity index (χ1v) is 15.0. The number of ketones is 1. The lowest BCUT2D eigenvalue weighted by Gasteiger charge is -2.23. The fraction of sp³-hybridized carbons (Fsp3) is 0.412. The van der Waals surface area contributed by atoms with Crippen LogP contribution >= 0.6 is 0 Å². The van der Waals surface area contributed by atoms with E-state index in [1.54, 1.807) is 50.5 Å². The Morgan fingerprint density at radius 2 is 1.89 bits per heavy atom. The standard InChI is InChI=1S/C34H41N3O7/c1-20-9-8-12-25(38)11-7-5-6-10-24-17-29(39)32(33(41)31(24)34(42)44-20)27(23-13-15-26(43-4)16-14-23)18-30(40)35-19-28-21(2)36-37-22(28)3/h6,10,13-17,20,27,39,41H,5,7-9,11-12,18-19H2,1-4H3,(H,35,40)(H,36,37). The van der Waals surface area contributed by atoms with E-state index in [1.807, 2.05) is 13.8 Å². The van der Waals surface area contributed by atoms with Gasteiger partial charge >= 0.3 is 5.97 Å². The normalized spacial score (nSPS) is 16.9. The average Bonchev–Trinajstić information content (AvgIpc) is 3.31. The van der Waals surface area contributed by atoms with Crippen LogP contribution < -0.4 is 10.1 Å². The monoisotopic (exact) mass is 603 g/mol. The zero-order chi connectivity index (χ0) is 31.8. The van der Waals surface area contributed by atoms with Crippen molar-refractivity contribution in [1.82, 2.24) is 15.5 Å². The van der Waals surface area contributed by atoms with Crippen LogP contribution in [0.3, 0.4) is 0 Å². The van der Waals surface area contributed by atoms with Crippen molar-refractivity contribution in [3.8, 4) is 17.2 Å². The first kappa shape index (κ1) is 32.3. The Balaban J connectivity index is 1.75. The number of hydrogen-bond acceptors (Lipinski definition) is 8. The number of aromatic amines is 1. The zero-order valence-corrected chi connectivity index (χ0v) is 25.7. The average molecular weight is 604 g/mol. The van der Waals surface area contributed by atoms with Gasteiger partial charge in [-0.2, -0.15) is 5.10 Å². The van der Waals surface area contributed by atoms with E-state index in [0.29, 0.717) is 49.8 Å². The molecule has 44 heavy (non-hydrogen) atoms. The minimum atomic E-state index is -0.814. The van der Waals surface area contributed by atoms with Crippen LogP contribution in [0.1, 0.15) is 102 Å². The number of rotatable bonds is 7. The molecule has 1 aliphatic rings. The van der Waals surface area contributed by atoms with Gasteiger partial charge < -0.3 is 25.0 Å². The maximum absolute atomic E-state index is 13.5. The van der Waals surface area contributed by atoms with Gasteiger partial charge in [0.2, 0.25) is 5.91 Å². The van der Waals surface area contributed by atoms with Gasteiger partial charge in [0.25, 0.3) is 0 Å². The number of H-pyrrole nitrogens is 1. The molecule has 1 amide bonds. The second-order valence-electron chi connectivity index (χ2n) is 11.3. The third kappa shape index (κ3) is 7.86. The van der Waals surface area contributed by atoms with E-state index in [4.69, 9.17) is 9.47 Å². The lowest BCUT2D eigenvalue weighted by molar-refractivity contribution is -0.121. The summed E-state index contributed by atoms with van der Waals surface area (Å²) in [5.74, 6) is -1.81. The number of Topliss-reactive ketones (excluding diaryl/α,β-unsaturated/α-hetero) is 1. The predicted molar refractivity (Wildman–Crippen MR) is 166 cm³/mol. The SMILES string of the molecule is COc1ccc(C(CC(=O)NCc2c(C)n[nH]c2C)c2c(O)cc3c(c2O)C(=O)OC(C)CCCC(=O)CCCC=C3)cc1. The number of aryl methyl sites for hydroxylation is 2. The quantitative estimate of drug-likeness (QED) is 0.249. The van der Waals surface area contributed by atoms with Crippen LogP contribution in [0.2, 0.25) is 0 Å². The van der Waals surface area contributed by atoms with Gasteiger partial charge in [-0.05, 0) is 75.8 Å².